The SMILES string of the molecule is CCOC(=O)C(C)Oc1ccc(F)cc1[N+](=O)[O-]. The summed E-state index contributed by atoms with van der Waals surface area (Å²) in [5, 5.41) is 10.7. The molecule has 0 fully saturated rings. The highest BCUT2D eigenvalue weighted by Crippen LogP contribution is 2.28. The van der Waals surface area contributed by atoms with Crippen LogP contribution in [-0.4, -0.2) is 23.6 Å². The molecule has 0 radical (unpaired) electrons. The van der Waals surface area contributed by atoms with Gasteiger partial charge in [-0.05, 0) is 26.0 Å². The van der Waals surface area contributed by atoms with Crippen LogP contribution in [0.2, 0.25) is 0 Å². The second kappa shape index (κ2) is 5.95. The maximum atomic E-state index is 12.9. The van der Waals surface area contributed by atoms with E-state index in [0.717, 1.165) is 18.2 Å². The highest BCUT2D eigenvalue weighted by atomic mass is 19.1. The van der Waals surface area contributed by atoms with E-state index < -0.39 is 28.5 Å². The maximum Gasteiger partial charge on any atom is 0.347 e. The quantitative estimate of drug-likeness (QED) is 0.458. The summed E-state index contributed by atoms with van der Waals surface area (Å²) in [6.07, 6.45) is -1.01. The molecule has 0 aliphatic heterocycles. The molecule has 0 bridgehead atoms. The number of carbonyl (C=O) groups is 1. The number of benzene rings is 1. The predicted molar refractivity (Wildman–Crippen MR) is 59.8 cm³/mol. The molecule has 0 spiro atoms. The molecule has 1 atom stereocenters. The van der Waals surface area contributed by atoms with Crippen molar-refractivity contribution >= 4 is 11.7 Å². The molecule has 6 nitrogen and oxygen atoms in total. The summed E-state index contributed by atoms with van der Waals surface area (Å²) in [6.45, 7) is 3.20. The number of ether oxygens (including phenoxy) is 2. The molecule has 1 rings (SSSR count). The number of nitro benzene ring substituents is 1. The van der Waals surface area contributed by atoms with Crippen molar-refractivity contribution in [2.45, 2.75) is 20.0 Å². The highest BCUT2D eigenvalue weighted by molar-refractivity contribution is 5.74. The molecule has 0 saturated carbocycles. The van der Waals surface area contributed by atoms with Gasteiger partial charge in [0, 0.05) is 0 Å². The monoisotopic (exact) mass is 257 g/mol. The van der Waals surface area contributed by atoms with E-state index in [9.17, 15) is 19.3 Å². The van der Waals surface area contributed by atoms with Crippen molar-refractivity contribution in [1.29, 1.82) is 0 Å². The van der Waals surface area contributed by atoms with E-state index in [-0.39, 0.29) is 12.4 Å². The summed E-state index contributed by atoms with van der Waals surface area (Å²) in [5.74, 6) is -1.57. The van der Waals surface area contributed by atoms with E-state index in [1.54, 1.807) is 6.92 Å². The molecular formula is C11H12FNO5. The lowest BCUT2D eigenvalue weighted by Gasteiger charge is -2.13. The standard InChI is InChI=1S/C11H12FNO5/c1-3-17-11(14)7(2)18-10-5-4-8(12)6-9(10)13(15)16/h4-7H,3H2,1-2H3. The molecule has 7 heteroatoms. The number of nitro groups is 1. The molecule has 1 aromatic carbocycles. The van der Waals surface area contributed by atoms with E-state index in [1.165, 1.54) is 6.92 Å². The van der Waals surface area contributed by atoms with Gasteiger partial charge in [0.15, 0.2) is 11.9 Å². The zero-order valence-corrected chi connectivity index (χ0v) is 9.88. The number of rotatable bonds is 5. The molecule has 98 valence electrons. The van der Waals surface area contributed by atoms with Gasteiger partial charge in [-0.3, -0.25) is 10.1 Å². The third-order valence-corrected chi connectivity index (χ3v) is 2.04. The van der Waals surface area contributed by atoms with Gasteiger partial charge in [-0.15, -0.1) is 0 Å². The van der Waals surface area contributed by atoms with E-state index in [0.29, 0.717) is 0 Å². The van der Waals surface area contributed by atoms with Gasteiger partial charge in [0.2, 0.25) is 0 Å². The smallest absolute Gasteiger partial charge is 0.347 e. The Hall–Kier alpha value is -2.18. The Labute approximate surface area is 102 Å². The number of nitrogens with zero attached hydrogens (tertiary/aromatic N) is 1. The summed E-state index contributed by atoms with van der Waals surface area (Å²) < 4.78 is 22.7. The molecule has 18 heavy (non-hydrogen) atoms. The van der Waals surface area contributed by atoms with Crippen LogP contribution in [0.1, 0.15) is 13.8 Å². The van der Waals surface area contributed by atoms with Crippen LogP contribution in [0.15, 0.2) is 18.2 Å². The van der Waals surface area contributed by atoms with E-state index in [1.807, 2.05) is 0 Å². The van der Waals surface area contributed by atoms with Crippen molar-refractivity contribution in [2.75, 3.05) is 6.61 Å². The van der Waals surface area contributed by atoms with Crippen molar-refractivity contribution in [3.63, 3.8) is 0 Å². The van der Waals surface area contributed by atoms with Crippen LogP contribution in [0.5, 0.6) is 5.75 Å². The number of esters is 1. The zero-order valence-electron chi connectivity index (χ0n) is 9.88. The van der Waals surface area contributed by atoms with Gasteiger partial charge < -0.3 is 9.47 Å². The lowest BCUT2D eigenvalue weighted by atomic mass is 10.3. The normalized spacial score (nSPS) is 11.7. The summed E-state index contributed by atoms with van der Waals surface area (Å²) in [5.41, 5.74) is -0.536. The molecule has 0 aliphatic carbocycles. The van der Waals surface area contributed by atoms with E-state index in [2.05, 4.69) is 0 Å². The van der Waals surface area contributed by atoms with Gasteiger partial charge in [0.25, 0.3) is 0 Å². The van der Waals surface area contributed by atoms with Crippen molar-refractivity contribution in [3.8, 4) is 5.75 Å². The minimum Gasteiger partial charge on any atom is -0.472 e. The molecule has 1 unspecified atom stereocenters. The largest absolute Gasteiger partial charge is 0.472 e. The molecular weight excluding hydrogens is 245 g/mol. The number of hydrogen-bond acceptors (Lipinski definition) is 5. The third-order valence-electron chi connectivity index (χ3n) is 2.04. The first-order valence-electron chi connectivity index (χ1n) is 5.23. The van der Waals surface area contributed by atoms with Crippen LogP contribution in [0, 0.1) is 15.9 Å². The summed E-state index contributed by atoms with van der Waals surface area (Å²) in [7, 11) is 0. The average molecular weight is 257 g/mol. The summed E-state index contributed by atoms with van der Waals surface area (Å²) in [6, 6.07) is 2.84. The Bertz CT molecular complexity index is 463. The molecule has 0 N–H and O–H groups in total. The Morgan fingerprint density at radius 2 is 2.22 bits per heavy atom. The predicted octanol–water partition coefficient (Wildman–Crippen LogP) is 2.06. The van der Waals surface area contributed by atoms with Crippen molar-refractivity contribution in [3.05, 3.63) is 34.1 Å². The number of carbonyl (C=O) groups excluding carboxylic acids is 1. The van der Waals surface area contributed by atoms with Gasteiger partial charge in [0.05, 0.1) is 17.6 Å². The van der Waals surface area contributed by atoms with E-state index >= 15 is 0 Å². The minimum atomic E-state index is -1.01. The summed E-state index contributed by atoms with van der Waals surface area (Å²) >= 11 is 0. The third kappa shape index (κ3) is 3.41. The van der Waals surface area contributed by atoms with Crippen molar-refractivity contribution in [1.82, 2.24) is 0 Å². The Kier molecular flexibility index (Phi) is 4.59. The van der Waals surface area contributed by atoms with Crippen LogP contribution in [0.25, 0.3) is 0 Å². The molecule has 0 heterocycles. The van der Waals surface area contributed by atoms with E-state index in [4.69, 9.17) is 9.47 Å². The lowest BCUT2D eigenvalue weighted by molar-refractivity contribution is -0.386. The second-order valence-electron chi connectivity index (χ2n) is 3.38. The maximum absolute atomic E-state index is 12.9. The fourth-order valence-electron chi connectivity index (χ4n) is 1.23. The minimum absolute atomic E-state index is 0.179. The number of hydrogen-bond donors (Lipinski definition) is 0. The molecule has 0 aliphatic rings. The van der Waals surface area contributed by atoms with Gasteiger partial charge in [0.1, 0.15) is 5.82 Å². The van der Waals surface area contributed by atoms with Gasteiger partial charge in [-0.25, -0.2) is 9.18 Å². The van der Waals surface area contributed by atoms with Crippen LogP contribution >= 0.6 is 0 Å². The molecule has 1 aromatic rings. The first kappa shape index (κ1) is 13.9. The lowest BCUT2D eigenvalue weighted by Crippen LogP contribution is -2.26. The molecule has 0 saturated heterocycles. The van der Waals surface area contributed by atoms with Crippen LogP contribution in [0.4, 0.5) is 10.1 Å². The Balaban J connectivity index is 2.90. The fourth-order valence-corrected chi connectivity index (χ4v) is 1.23. The van der Waals surface area contributed by atoms with Gasteiger partial charge in [-0.2, -0.15) is 0 Å². The van der Waals surface area contributed by atoms with Crippen LogP contribution < -0.4 is 4.74 Å². The van der Waals surface area contributed by atoms with Crippen LogP contribution in [0.3, 0.4) is 0 Å². The molecule has 0 aromatic heterocycles. The fraction of sp³-hybridized carbons (Fsp3) is 0.364. The van der Waals surface area contributed by atoms with Crippen molar-refractivity contribution < 1.29 is 23.6 Å². The van der Waals surface area contributed by atoms with Crippen molar-refractivity contribution in [2.24, 2.45) is 0 Å². The second-order valence-corrected chi connectivity index (χ2v) is 3.38. The first-order valence-corrected chi connectivity index (χ1v) is 5.23. The number of halogens is 1. The topological polar surface area (TPSA) is 78.7 Å². The highest BCUT2D eigenvalue weighted by Gasteiger charge is 2.22. The van der Waals surface area contributed by atoms with Gasteiger partial charge in [-0.1, -0.05) is 0 Å². The Morgan fingerprint density at radius 1 is 1.56 bits per heavy atom. The van der Waals surface area contributed by atoms with Gasteiger partial charge >= 0.3 is 11.7 Å². The summed E-state index contributed by atoms with van der Waals surface area (Å²) in [4.78, 5) is 21.2. The average Bonchev–Trinajstić information content (AvgIpc) is 2.31. The zero-order chi connectivity index (χ0) is 13.7. The Morgan fingerprint density at radius 3 is 2.78 bits per heavy atom. The van der Waals surface area contributed by atoms with Crippen LogP contribution in [-0.2, 0) is 9.53 Å². The molecule has 0 amide bonds. The first-order chi connectivity index (χ1) is 8.45.